The number of nitrogens with zero attached hydrogens (tertiary/aromatic N) is 1. The maximum absolute atomic E-state index is 10.8. The molecular weight excluding hydrogens is 206 g/mol. The summed E-state index contributed by atoms with van der Waals surface area (Å²) in [5.41, 5.74) is 1.01. The molecule has 0 bridgehead atoms. The zero-order chi connectivity index (χ0) is 11.1. The fourth-order valence-electron chi connectivity index (χ4n) is 2.44. The quantitative estimate of drug-likeness (QED) is 0.851. The minimum atomic E-state index is -0.748. The Bertz CT molecular complexity index is 420. The average molecular weight is 221 g/mol. The van der Waals surface area contributed by atoms with Gasteiger partial charge >= 0.3 is 5.97 Å². The highest BCUT2D eigenvalue weighted by Crippen LogP contribution is 2.43. The van der Waals surface area contributed by atoms with Crippen molar-refractivity contribution in [3.8, 4) is 0 Å². The molecule has 1 fully saturated rings. The van der Waals surface area contributed by atoms with Gasteiger partial charge < -0.3 is 9.52 Å². The van der Waals surface area contributed by atoms with Crippen molar-refractivity contribution in [2.24, 2.45) is 0 Å². The van der Waals surface area contributed by atoms with Gasteiger partial charge in [0.05, 0.1) is 12.1 Å². The van der Waals surface area contributed by atoms with Gasteiger partial charge in [-0.1, -0.05) is 0 Å². The molecule has 0 radical (unpaired) electrons. The first-order chi connectivity index (χ1) is 7.74. The molecular formula is C12H15NO3. The van der Waals surface area contributed by atoms with Crippen LogP contribution >= 0.6 is 0 Å². The van der Waals surface area contributed by atoms with Crippen LogP contribution in [0.3, 0.4) is 0 Å². The molecule has 86 valence electrons. The van der Waals surface area contributed by atoms with Crippen molar-refractivity contribution in [1.82, 2.24) is 4.98 Å². The largest absolute Gasteiger partial charge is 0.481 e. The Labute approximate surface area is 93.7 Å². The summed E-state index contributed by atoms with van der Waals surface area (Å²) >= 11 is 0. The first-order valence-corrected chi connectivity index (χ1v) is 5.95. The van der Waals surface area contributed by atoms with Crippen LogP contribution in [0.25, 0.3) is 0 Å². The van der Waals surface area contributed by atoms with Crippen LogP contribution in [-0.4, -0.2) is 16.1 Å². The van der Waals surface area contributed by atoms with E-state index in [0.29, 0.717) is 5.92 Å². The van der Waals surface area contributed by atoms with Crippen molar-refractivity contribution in [1.29, 1.82) is 0 Å². The van der Waals surface area contributed by atoms with Gasteiger partial charge in [-0.2, -0.15) is 0 Å². The third-order valence-corrected chi connectivity index (χ3v) is 3.43. The number of aryl methyl sites for hydroxylation is 1. The van der Waals surface area contributed by atoms with Gasteiger partial charge in [0, 0.05) is 11.8 Å². The van der Waals surface area contributed by atoms with Crippen LogP contribution in [-0.2, 0) is 11.2 Å². The minimum Gasteiger partial charge on any atom is -0.481 e. The highest BCUT2D eigenvalue weighted by Gasteiger charge is 2.33. The van der Waals surface area contributed by atoms with Crippen LogP contribution in [0.15, 0.2) is 4.42 Å². The summed E-state index contributed by atoms with van der Waals surface area (Å²) in [7, 11) is 0. The van der Waals surface area contributed by atoms with Gasteiger partial charge in [-0.15, -0.1) is 0 Å². The van der Waals surface area contributed by atoms with Crippen LogP contribution < -0.4 is 0 Å². The normalized spacial score (nSPS) is 24.1. The first kappa shape index (κ1) is 9.87. The number of aromatic nitrogens is 1. The molecule has 0 aromatic carbocycles. The molecule has 1 aromatic heterocycles. The second-order valence-electron chi connectivity index (χ2n) is 4.82. The van der Waals surface area contributed by atoms with E-state index in [4.69, 9.17) is 9.52 Å². The lowest BCUT2D eigenvalue weighted by Crippen LogP contribution is -2.12. The second-order valence-corrected chi connectivity index (χ2v) is 4.82. The third-order valence-electron chi connectivity index (χ3n) is 3.43. The summed E-state index contributed by atoms with van der Waals surface area (Å²) in [6.45, 7) is 0. The molecule has 0 amide bonds. The number of oxazole rings is 1. The van der Waals surface area contributed by atoms with E-state index in [9.17, 15) is 4.79 Å². The van der Waals surface area contributed by atoms with Gasteiger partial charge in [-0.25, -0.2) is 4.98 Å². The first-order valence-electron chi connectivity index (χ1n) is 5.95. The summed E-state index contributed by atoms with van der Waals surface area (Å²) in [5, 5.41) is 8.86. The molecule has 2 aliphatic carbocycles. The number of carbonyl (C=O) groups is 1. The topological polar surface area (TPSA) is 63.3 Å². The number of rotatable bonds is 3. The minimum absolute atomic E-state index is 0.0428. The Morgan fingerprint density at radius 1 is 1.44 bits per heavy atom. The monoisotopic (exact) mass is 221 g/mol. The van der Waals surface area contributed by atoms with Gasteiger partial charge in [0.2, 0.25) is 0 Å². The Kier molecular flexibility index (Phi) is 2.23. The predicted molar refractivity (Wildman–Crippen MR) is 56.4 cm³/mol. The SMILES string of the molecule is O=C(O)CC1CCCc2nc(C3CC3)oc21. The van der Waals surface area contributed by atoms with Crippen LogP contribution in [0.1, 0.15) is 61.3 Å². The molecule has 0 aliphatic heterocycles. The standard InChI is InChI=1S/C12H15NO3/c14-10(15)6-8-2-1-3-9-11(8)16-12(13-9)7-4-5-7/h7-8H,1-6H2,(H,14,15). The van der Waals surface area contributed by atoms with Crippen LogP contribution in [0, 0.1) is 0 Å². The van der Waals surface area contributed by atoms with Gasteiger partial charge in [0.15, 0.2) is 5.89 Å². The van der Waals surface area contributed by atoms with Gasteiger partial charge in [0.25, 0.3) is 0 Å². The van der Waals surface area contributed by atoms with Crippen LogP contribution in [0.5, 0.6) is 0 Å². The average Bonchev–Trinajstić information content (AvgIpc) is 2.98. The fourth-order valence-corrected chi connectivity index (χ4v) is 2.44. The summed E-state index contributed by atoms with van der Waals surface area (Å²) in [6.07, 6.45) is 5.40. The fraction of sp³-hybridized carbons (Fsp3) is 0.667. The number of carboxylic acid groups (broad SMARTS) is 1. The van der Waals surface area contributed by atoms with Crippen molar-refractivity contribution in [3.63, 3.8) is 0 Å². The molecule has 1 unspecified atom stereocenters. The van der Waals surface area contributed by atoms with Gasteiger partial charge in [-0.05, 0) is 32.1 Å². The summed E-state index contributed by atoms with van der Waals surface area (Å²) in [6, 6.07) is 0. The molecule has 3 rings (SSSR count). The van der Waals surface area contributed by atoms with Crippen molar-refractivity contribution >= 4 is 5.97 Å². The smallest absolute Gasteiger partial charge is 0.304 e. The second kappa shape index (κ2) is 3.61. The van der Waals surface area contributed by atoms with Crippen molar-refractivity contribution < 1.29 is 14.3 Å². The van der Waals surface area contributed by atoms with Gasteiger partial charge in [-0.3, -0.25) is 4.79 Å². The lowest BCUT2D eigenvalue weighted by molar-refractivity contribution is -0.137. The van der Waals surface area contributed by atoms with Crippen LogP contribution in [0.2, 0.25) is 0 Å². The van der Waals surface area contributed by atoms with Crippen molar-refractivity contribution in [2.75, 3.05) is 0 Å². The number of hydrogen-bond donors (Lipinski definition) is 1. The highest BCUT2D eigenvalue weighted by molar-refractivity contribution is 5.68. The van der Waals surface area contributed by atoms with E-state index in [1.165, 1.54) is 12.8 Å². The van der Waals surface area contributed by atoms with E-state index >= 15 is 0 Å². The number of hydrogen-bond acceptors (Lipinski definition) is 3. The molecule has 16 heavy (non-hydrogen) atoms. The van der Waals surface area contributed by atoms with E-state index in [1.807, 2.05) is 0 Å². The predicted octanol–water partition coefficient (Wildman–Crippen LogP) is 2.45. The van der Waals surface area contributed by atoms with E-state index in [1.54, 1.807) is 0 Å². The molecule has 4 heteroatoms. The molecule has 4 nitrogen and oxygen atoms in total. The zero-order valence-corrected chi connectivity index (χ0v) is 9.11. The van der Waals surface area contributed by atoms with E-state index in [0.717, 1.165) is 36.6 Å². The van der Waals surface area contributed by atoms with E-state index in [2.05, 4.69) is 4.98 Å². The maximum atomic E-state index is 10.8. The number of aliphatic carboxylic acids is 1. The number of carboxylic acids is 1. The van der Waals surface area contributed by atoms with Crippen molar-refractivity contribution in [3.05, 3.63) is 17.3 Å². The van der Waals surface area contributed by atoms with E-state index in [-0.39, 0.29) is 12.3 Å². The zero-order valence-electron chi connectivity index (χ0n) is 9.11. The Morgan fingerprint density at radius 2 is 2.25 bits per heavy atom. The van der Waals surface area contributed by atoms with E-state index < -0.39 is 5.97 Å². The number of fused-ring (bicyclic) bond motifs is 1. The maximum Gasteiger partial charge on any atom is 0.304 e. The molecule has 1 saturated carbocycles. The highest BCUT2D eigenvalue weighted by atomic mass is 16.4. The van der Waals surface area contributed by atoms with Gasteiger partial charge in [0.1, 0.15) is 5.76 Å². The van der Waals surface area contributed by atoms with Crippen LogP contribution in [0.4, 0.5) is 0 Å². The third kappa shape index (κ3) is 1.72. The molecule has 1 atom stereocenters. The summed E-state index contributed by atoms with van der Waals surface area (Å²) in [4.78, 5) is 15.3. The molecule has 0 saturated heterocycles. The molecule has 1 N–H and O–H groups in total. The lowest BCUT2D eigenvalue weighted by Gasteiger charge is -2.17. The summed E-state index contributed by atoms with van der Waals surface area (Å²) < 4.78 is 5.77. The molecule has 1 heterocycles. The lowest BCUT2D eigenvalue weighted by atomic mass is 9.88. The Morgan fingerprint density at radius 3 is 2.94 bits per heavy atom. The Balaban J connectivity index is 1.88. The summed E-state index contributed by atoms with van der Waals surface area (Å²) in [5.74, 6) is 1.51. The molecule has 1 aromatic rings. The molecule has 0 spiro atoms. The Hall–Kier alpha value is -1.32. The van der Waals surface area contributed by atoms with Crippen molar-refractivity contribution in [2.45, 2.75) is 50.4 Å². The molecule has 2 aliphatic rings.